The first-order chi connectivity index (χ1) is 44.7. The number of carbonyl (C=O) groups is 4. The molecule has 0 saturated carbocycles. The Morgan fingerprint density at radius 1 is 0.290 bits per heavy atom. The number of aliphatic hydroxyl groups excluding tert-OH is 1. The largest absolute Gasteiger partial charge is 0.472 e. The summed E-state index contributed by atoms with van der Waals surface area (Å²) in [6.45, 7) is 11.8. The Morgan fingerprint density at radius 3 is 0.731 bits per heavy atom. The number of esters is 4. The second-order valence-corrected chi connectivity index (χ2v) is 31.0. The molecule has 552 valence electrons. The quantitative estimate of drug-likeness (QED) is 0.0222. The van der Waals surface area contributed by atoms with Crippen LogP contribution in [0, 0.1) is 17.8 Å². The van der Waals surface area contributed by atoms with Gasteiger partial charge in [-0.2, -0.15) is 0 Å². The summed E-state index contributed by atoms with van der Waals surface area (Å²) in [5, 5.41) is 10.6. The van der Waals surface area contributed by atoms with Crippen molar-refractivity contribution < 1.29 is 80.2 Å². The first-order valence-electron chi connectivity index (χ1n) is 38.3. The van der Waals surface area contributed by atoms with E-state index in [0.717, 1.165) is 115 Å². The van der Waals surface area contributed by atoms with Crippen LogP contribution >= 0.6 is 15.6 Å². The zero-order valence-electron chi connectivity index (χ0n) is 60.7. The van der Waals surface area contributed by atoms with E-state index in [-0.39, 0.29) is 25.7 Å². The minimum Gasteiger partial charge on any atom is -0.462 e. The molecular weight excluding hydrogens is 1220 g/mol. The molecule has 0 aromatic carbocycles. The summed E-state index contributed by atoms with van der Waals surface area (Å²) in [5.74, 6) is 0.155. The molecule has 3 N–H and O–H groups in total. The lowest BCUT2D eigenvalue weighted by Crippen LogP contribution is -2.30. The van der Waals surface area contributed by atoms with Crippen molar-refractivity contribution in [2.75, 3.05) is 39.6 Å². The highest BCUT2D eigenvalue weighted by molar-refractivity contribution is 7.47. The average Bonchev–Trinajstić information content (AvgIpc) is 2.63. The molecule has 0 rings (SSSR count). The number of phosphoric acid groups is 2. The van der Waals surface area contributed by atoms with Gasteiger partial charge in [0.05, 0.1) is 26.4 Å². The Kier molecular flexibility index (Phi) is 63.4. The van der Waals surface area contributed by atoms with E-state index in [9.17, 15) is 43.2 Å². The minimum absolute atomic E-state index is 0.102. The van der Waals surface area contributed by atoms with Crippen molar-refractivity contribution in [3.63, 3.8) is 0 Å². The van der Waals surface area contributed by atoms with Gasteiger partial charge in [0.2, 0.25) is 0 Å². The predicted octanol–water partition coefficient (Wildman–Crippen LogP) is 21.4. The molecular formula is C74H144O17P2. The number of rotatable bonds is 72. The van der Waals surface area contributed by atoms with Crippen LogP contribution in [0.1, 0.15) is 376 Å². The Labute approximate surface area is 568 Å². The molecule has 5 atom stereocenters. The van der Waals surface area contributed by atoms with Gasteiger partial charge in [0.1, 0.15) is 19.3 Å². The first-order valence-corrected chi connectivity index (χ1v) is 41.3. The first kappa shape index (κ1) is 91.1. The third-order valence-corrected chi connectivity index (χ3v) is 19.0. The van der Waals surface area contributed by atoms with Gasteiger partial charge in [0.15, 0.2) is 12.2 Å². The maximum atomic E-state index is 13.1. The molecule has 0 aromatic rings. The smallest absolute Gasteiger partial charge is 0.462 e. The Bertz CT molecular complexity index is 1820. The van der Waals surface area contributed by atoms with Crippen molar-refractivity contribution in [1.29, 1.82) is 0 Å². The lowest BCUT2D eigenvalue weighted by atomic mass is 10.0. The van der Waals surface area contributed by atoms with E-state index in [2.05, 4.69) is 48.5 Å². The van der Waals surface area contributed by atoms with E-state index in [1.807, 2.05) is 0 Å². The van der Waals surface area contributed by atoms with Crippen molar-refractivity contribution in [3.05, 3.63) is 0 Å². The summed E-state index contributed by atoms with van der Waals surface area (Å²) >= 11 is 0. The highest BCUT2D eigenvalue weighted by Gasteiger charge is 2.30. The normalized spacial score (nSPS) is 14.1. The van der Waals surface area contributed by atoms with E-state index < -0.39 is 97.5 Å². The summed E-state index contributed by atoms with van der Waals surface area (Å²) in [6.07, 6.45) is 50.4. The van der Waals surface area contributed by atoms with Crippen molar-refractivity contribution in [2.45, 2.75) is 394 Å². The van der Waals surface area contributed by atoms with E-state index in [1.54, 1.807) is 0 Å². The lowest BCUT2D eigenvalue weighted by Gasteiger charge is -2.21. The molecule has 0 fully saturated rings. The van der Waals surface area contributed by atoms with Crippen molar-refractivity contribution >= 4 is 39.5 Å². The number of carbonyl (C=O) groups excluding carboxylic acids is 4. The molecule has 0 aliphatic heterocycles. The van der Waals surface area contributed by atoms with Gasteiger partial charge in [-0.1, -0.05) is 325 Å². The minimum atomic E-state index is -4.96. The highest BCUT2D eigenvalue weighted by atomic mass is 31.2. The molecule has 2 unspecified atom stereocenters. The van der Waals surface area contributed by atoms with Gasteiger partial charge in [-0.05, 0) is 43.4 Å². The van der Waals surface area contributed by atoms with E-state index in [1.165, 1.54) is 173 Å². The standard InChI is InChI=1S/C74H144O17P2/c1-8-9-10-11-31-41-48-55-71(76)84-61-70(91-74(79)58-51-44-37-36-40-47-54-67(6)7)64-89-93(82,83)87-60-68(75)59-86-92(80,81)88-63-69(62-85-72(77)56-49-42-34-29-25-21-18-14-16-20-24-28-33-39-46-53-66(4)5)90-73(78)57-50-43-35-30-26-22-17-13-12-15-19-23-27-32-38-45-52-65(2)3/h65-70,75H,8-64H2,1-7H3,(H,80,81)(H,82,83)/t68-,69-,70-/m1/s1. The van der Waals surface area contributed by atoms with Gasteiger partial charge >= 0.3 is 39.5 Å². The summed E-state index contributed by atoms with van der Waals surface area (Å²) in [7, 11) is -9.90. The van der Waals surface area contributed by atoms with Crippen LogP contribution in [0.3, 0.4) is 0 Å². The molecule has 0 aromatic heterocycles. The van der Waals surface area contributed by atoms with Gasteiger partial charge in [0, 0.05) is 25.7 Å². The Hall–Kier alpha value is -1.94. The van der Waals surface area contributed by atoms with Crippen LogP contribution in [0.4, 0.5) is 0 Å². The average molecular weight is 1370 g/mol. The molecule has 0 bridgehead atoms. The number of ether oxygens (including phenoxy) is 4. The van der Waals surface area contributed by atoms with Crippen LogP contribution < -0.4 is 0 Å². The van der Waals surface area contributed by atoms with Gasteiger partial charge in [-0.3, -0.25) is 37.3 Å². The maximum Gasteiger partial charge on any atom is 0.472 e. The van der Waals surface area contributed by atoms with Crippen LogP contribution in [0.5, 0.6) is 0 Å². The van der Waals surface area contributed by atoms with Crippen LogP contribution in [0.2, 0.25) is 0 Å². The van der Waals surface area contributed by atoms with Gasteiger partial charge in [-0.25, -0.2) is 9.13 Å². The van der Waals surface area contributed by atoms with Crippen LogP contribution in [0.25, 0.3) is 0 Å². The van der Waals surface area contributed by atoms with Crippen molar-refractivity contribution in [1.82, 2.24) is 0 Å². The maximum absolute atomic E-state index is 13.1. The van der Waals surface area contributed by atoms with E-state index >= 15 is 0 Å². The number of phosphoric ester groups is 2. The van der Waals surface area contributed by atoms with Crippen LogP contribution in [-0.2, 0) is 65.4 Å². The zero-order chi connectivity index (χ0) is 68.7. The highest BCUT2D eigenvalue weighted by Crippen LogP contribution is 2.45. The molecule has 0 amide bonds. The van der Waals surface area contributed by atoms with Gasteiger partial charge in [0.25, 0.3) is 0 Å². The molecule has 0 aliphatic rings. The molecule has 0 heterocycles. The van der Waals surface area contributed by atoms with Crippen molar-refractivity contribution in [2.24, 2.45) is 17.8 Å². The third kappa shape index (κ3) is 68.4. The van der Waals surface area contributed by atoms with Crippen molar-refractivity contribution in [3.8, 4) is 0 Å². The molecule has 93 heavy (non-hydrogen) atoms. The van der Waals surface area contributed by atoms with Crippen LogP contribution in [-0.4, -0.2) is 96.7 Å². The number of hydrogen-bond donors (Lipinski definition) is 3. The van der Waals surface area contributed by atoms with E-state index in [0.29, 0.717) is 31.6 Å². The topological polar surface area (TPSA) is 237 Å². The molecule has 0 saturated heterocycles. The number of hydrogen-bond acceptors (Lipinski definition) is 15. The van der Waals surface area contributed by atoms with Crippen LogP contribution in [0.15, 0.2) is 0 Å². The Balaban J connectivity index is 5.16. The summed E-state index contributed by atoms with van der Waals surface area (Å²) in [5.41, 5.74) is 0. The summed E-state index contributed by atoms with van der Waals surface area (Å²) < 4.78 is 68.3. The zero-order valence-corrected chi connectivity index (χ0v) is 62.5. The fourth-order valence-corrected chi connectivity index (χ4v) is 12.8. The second kappa shape index (κ2) is 64.7. The van der Waals surface area contributed by atoms with Gasteiger partial charge in [-0.15, -0.1) is 0 Å². The number of aliphatic hydroxyl groups is 1. The fourth-order valence-electron chi connectivity index (χ4n) is 11.2. The van der Waals surface area contributed by atoms with Gasteiger partial charge < -0.3 is 33.8 Å². The third-order valence-electron chi connectivity index (χ3n) is 17.1. The monoisotopic (exact) mass is 1370 g/mol. The molecule has 19 heteroatoms. The van der Waals surface area contributed by atoms with E-state index in [4.69, 9.17) is 37.0 Å². The summed E-state index contributed by atoms with van der Waals surface area (Å²) in [4.78, 5) is 72.5. The predicted molar refractivity (Wildman–Crippen MR) is 377 cm³/mol. The summed E-state index contributed by atoms with van der Waals surface area (Å²) in [6, 6.07) is 0. The fraction of sp³-hybridized carbons (Fsp3) is 0.946. The molecule has 0 spiro atoms. The number of unbranched alkanes of at least 4 members (excludes halogenated alkanes) is 40. The second-order valence-electron chi connectivity index (χ2n) is 28.1. The Morgan fingerprint density at radius 2 is 0.495 bits per heavy atom. The lowest BCUT2D eigenvalue weighted by molar-refractivity contribution is -0.161. The molecule has 0 radical (unpaired) electrons. The molecule has 17 nitrogen and oxygen atoms in total. The SMILES string of the molecule is CCCCCCCCCC(=O)OC[C@H](COP(=O)(O)OC[C@H](O)COP(=O)(O)OC[C@@H](COC(=O)CCCCCCCCCCCCCCCCCC(C)C)OC(=O)CCCCCCCCCCCCCCCCCCC(C)C)OC(=O)CCCCCCCCC(C)C. The molecule has 0 aliphatic carbocycles.